The van der Waals surface area contributed by atoms with E-state index in [1.807, 2.05) is 0 Å². The molecule has 0 spiro atoms. The monoisotopic (exact) mass is 338 g/mol. The summed E-state index contributed by atoms with van der Waals surface area (Å²) < 4.78 is 0. The second-order valence-electron chi connectivity index (χ2n) is 5.60. The highest BCUT2D eigenvalue weighted by Gasteiger charge is 2.34. The number of fused-ring (bicyclic) bond motifs is 1. The highest BCUT2D eigenvalue weighted by atomic mass is 16.4. The van der Waals surface area contributed by atoms with E-state index in [1.54, 1.807) is 0 Å². The summed E-state index contributed by atoms with van der Waals surface area (Å²) in [6.45, 7) is 7.50. The highest BCUT2D eigenvalue weighted by Crippen LogP contribution is 2.31. The van der Waals surface area contributed by atoms with Gasteiger partial charge in [0.05, 0.1) is 5.41 Å². The summed E-state index contributed by atoms with van der Waals surface area (Å²) in [5.74, 6) is -2.06. The molecule has 0 aliphatic heterocycles. The van der Waals surface area contributed by atoms with Crippen molar-refractivity contribution >= 4 is 22.7 Å². The van der Waals surface area contributed by atoms with E-state index in [9.17, 15) is 9.59 Å². The Balaban J connectivity index is 0.000000233. The van der Waals surface area contributed by atoms with Gasteiger partial charge in [0.25, 0.3) is 0 Å². The average Bonchev–Trinajstić information content (AvgIpc) is 2.64. The van der Waals surface area contributed by atoms with Crippen molar-refractivity contribution in [3.05, 3.63) is 85.5 Å². The van der Waals surface area contributed by atoms with Gasteiger partial charge < -0.3 is 10.2 Å². The van der Waals surface area contributed by atoms with Gasteiger partial charge in [-0.2, -0.15) is 0 Å². The molecule has 2 aromatic carbocycles. The smallest absolute Gasteiger partial charge is 0.331 e. The maximum atomic E-state index is 10.8. The Morgan fingerprint density at radius 1 is 0.960 bits per heavy atom. The third-order valence-corrected chi connectivity index (χ3v) is 3.74. The van der Waals surface area contributed by atoms with Crippen LogP contribution >= 0.6 is 0 Å². The molecule has 0 amide bonds. The third-order valence-electron chi connectivity index (χ3n) is 3.74. The zero-order valence-electron chi connectivity index (χ0n) is 14.2. The minimum atomic E-state index is -1.08. The predicted octanol–water partition coefficient (Wildman–Crippen LogP) is 4.69. The SMILES string of the molecule is C=C.CC1(C(=O)O)C=CC=C(C(=O)O)C1.c1ccc2ccccc2c1. The molecule has 130 valence electrons. The van der Waals surface area contributed by atoms with E-state index in [0.717, 1.165) is 0 Å². The fraction of sp³-hybridized carbons (Fsp3) is 0.143. The van der Waals surface area contributed by atoms with Crippen molar-refractivity contribution in [1.29, 1.82) is 0 Å². The molecule has 0 saturated carbocycles. The molecule has 4 heteroatoms. The standard InChI is InChI=1S/C10H8.C9H10O4.C2H4/c1-2-6-10-8-4-3-7-9(10)5-1;1-9(8(12)13)4-2-3-6(5-9)7(10)11;1-2/h1-8H;2-4H,5H2,1H3,(H,10,11)(H,12,13);1-2H2. The normalized spacial score (nSPS) is 18.0. The number of rotatable bonds is 2. The predicted molar refractivity (Wildman–Crippen MR) is 100 cm³/mol. The number of hydrogen-bond acceptors (Lipinski definition) is 2. The number of hydrogen-bond donors (Lipinski definition) is 2. The molecule has 3 rings (SSSR count). The zero-order valence-corrected chi connectivity index (χ0v) is 14.2. The second-order valence-corrected chi connectivity index (χ2v) is 5.60. The number of aliphatic carboxylic acids is 2. The number of carbonyl (C=O) groups is 2. The molecule has 0 heterocycles. The Morgan fingerprint density at radius 2 is 1.40 bits per heavy atom. The van der Waals surface area contributed by atoms with Crippen LogP contribution in [0.25, 0.3) is 10.8 Å². The lowest BCUT2D eigenvalue weighted by Gasteiger charge is -2.23. The van der Waals surface area contributed by atoms with Crippen molar-refractivity contribution in [2.24, 2.45) is 5.41 Å². The van der Waals surface area contributed by atoms with Crippen LogP contribution in [-0.4, -0.2) is 22.2 Å². The molecule has 1 aliphatic carbocycles. The van der Waals surface area contributed by atoms with Crippen LogP contribution in [0.4, 0.5) is 0 Å². The molecule has 0 radical (unpaired) electrons. The molecule has 0 aromatic heterocycles. The first kappa shape index (κ1) is 19.9. The molecule has 0 fully saturated rings. The van der Waals surface area contributed by atoms with Gasteiger partial charge in [0, 0.05) is 5.57 Å². The quantitative estimate of drug-likeness (QED) is 0.779. The number of carboxylic acid groups (broad SMARTS) is 2. The largest absolute Gasteiger partial charge is 0.481 e. The van der Waals surface area contributed by atoms with Crippen LogP contribution < -0.4 is 0 Å². The Kier molecular flexibility index (Phi) is 7.35. The van der Waals surface area contributed by atoms with Gasteiger partial charge in [-0.15, -0.1) is 13.2 Å². The third kappa shape index (κ3) is 5.46. The molecule has 1 aliphatic rings. The molecule has 2 N–H and O–H groups in total. The van der Waals surface area contributed by atoms with Crippen LogP contribution in [0.3, 0.4) is 0 Å². The van der Waals surface area contributed by atoms with Crippen molar-refractivity contribution in [2.45, 2.75) is 13.3 Å². The van der Waals surface area contributed by atoms with Crippen molar-refractivity contribution in [3.63, 3.8) is 0 Å². The fourth-order valence-electron chi connectivity index (χ4n) is 2.32. The van der Waals surface area contributed by atoms with E-state index in [0.29, 0.717) is 0 Å². The fourth-order valence-corrected chi connectivity index (χ4v) is 2.32. The lowest BCUT2D eigenvalue weighted by molar-refractivity contribution is -0.145. The van der Waals surface area contributed by atoms with Gasteiger partial charge >= 0.3 is 11.9 Å². The van der Waals surface area contributed by atoms with Crippen LogP contribution in [0, 0.1) is 5.41 Å². The van der Waals surface area contributed by atoms with Crippen LogP contribution in [0.2, 0.25) is 0 Å². The minimum Gasteiger partial charge on any atom is -0.481 e. The first-order chi connectivity index (χ1) is 11.9. The van der Waals surface area contributed by atoms with E-state index in [1.165, 1.54) is 35.9 Å². The maximum Gasteiger partial charge on any atom is 0.331 e. The van der Waals surface area contributed by atoms with Gasteiger partial charge in [0.1, 0.15) is 0 Å². The summed E-state index contributed by atoms with van der Waals surface area (Å²) in [5.41, 5.74) is -0.949. The zero-order chi connectivity index (χ0) is 18.9. The molecule has 1 unspecified atom stereocenters. The second kappa shape index (κ2) is 9.23. The van der Waals surface area contributed by atoms with Crippen molar-refractivity contribution in [1.82, 2.24) is 0 Å². The molecule has 4 nitrogen and oxygen atoms in total. The summed E-state index contributed by atoms with van der Waals surface area (Å²) >= 11 is 0. The number of carboxylic acids is 2. The topological polar surface area (TPSA) is 74.6 Å². The molecule has 0 bridgehead atoms. The molecule has 2 aromatic rings. The first-order valence-corrected chi connectivity index (χ1v) is 7.71. The van der Waals surface area contributed by atoms with Crippen LogP contribution in [0.5, 0.6) is 0 Å². The summed E-state index contributed by atoms with van der Waals surface area (Å²) in [7, 11) is 0. The van der Waals surface area contributed by atoms with Crippen LogP contribution in [0.1, 0.15) is 13.3 Å². The van der Waals surface area contributed by atoms with Crippen molar-refractivity contribution < 1.29 is 19.8 Å². The summed E-state index contributed by atoms with van der Waals surface area (Å²) in [5, 5.41) is 20.1. The van der Waals surface area contributed by atoms with Crippen molar-refractivity contribution in [2.75, 3.05) is 0 Å². The van der Waals surface area contributed by atoms with Gasteiger partial charge in [0.15, 0.2) is 0 Å². The van der Waals surface area contributed by atoms with E-state index >= 15 is 0 Å². The summed E-state index contributed by atoms with van der Waals surface area (Å²) in [6, 6.07) is 16.7. The first-order valence-electron chi connectivity index (χ1n) is 7.71. The molecule has 1 atom stereocenters. The Bertz CT molecular complexity index is 739. The maximum absolute atomic E-state index is 10.8. The average molecular weight is 338 g/mol. The van der Waals surface area contributed by atoms with Gasteiger partial charge in [-0.1, -0.05) is 66.8 Å². The molecule has 0 saturated heterocycles. The Hall–Kier alpha value is -3.14. The minimum absolute atomic E-state index is 0.0359. The molecule has 25 heavy (non-hydrogen) atoms. The van der Waals surface area contributed by atoms with E-state index in [-0.39, 0.29) is 12.0 Å². The number of allylic oxidation sites excluding steroid dienone is 2. The van der Waals surface area contributed by atoms with E-state index < -0.39 is 17.4 Å². The van der Waals surface area contributed by atoms with Gasteiger partial charge in [-0.3, -0.25) is 4.79 Å². The molecular formula is C21H22O4. The number of benzene rings is 2. The Morgan fingerprint density at radius 3 is 1.76 bits per heavy atom. The van der Waals surface area contributed by atoms with Gasteiger partial charge in [0.2, 0.25) is 0 Å². The lowest BCUT2D eigenvalue weighted by atomic mass is 9.80. The van der Waals surface area contributed by atoms with Gasteiger partial charge in [-0.05, 0) is 24.1 Å². The Labute approximate surface area is 147 Å². The van der Waals surface area contributed by atoms with Gasteiger partial charge in [-0.25, -0.2) is 4.79 Å². The van der Waals surface area contributed by atoms with E-state index in [4.69, 9.17) is 10.2 Å². The van der Waals surface area contributed by atoms with Crippen LogP contribution in [-0.2, 0) is 9.59 Å². The lowest BCUT2D eigenvalue weighted by Crippen LogP contribution is -2.28. The van der Waals surface area contributed by atoms with E-state index in [2.05, 4.69) is 61.7 Å². The summed E-state index contributed by atoms with van der Waals surface area (Å²) in [6.07, 6.45) is 4.43. The summed E-state index contributed by atoms with van der Waals surface area (Å²) in [4.78, 5) is 21.3. The van der Waals surface area contributed by atoms with Crippen LogP contribution in [0.15, 0.2) is 85.5 Å². The van der Waals surface area contributed by atoms with Crippen molar-refractivity contribution in [3.8, 4) is 0 Å². The highest BCUT2D eigenvalue weighted by molar-refractivity contribution is 5.90. The molecular weight excluding hydrogens is 316 g/mol.